The molecule has 2 rings (SSSR count). The van der Waals surface area contributed by atoms with Crippen molar-refractivity contribution >= 4 is 11.1 Å². The smallest absolute Gasteiger partial charge is 0.0650 e. The first-order valence-corrected chi connectivity index (χ1v) is 5.04. The molecular formula is C9H7N2O2S-. The van der Waals surface area contributed by atoms with E-state index in [2.05, 4.69) is 10.2 Å². The summed E-state index contributed by atoms with van der Waals surface area (Å²) in [6, 6.07) is 8.44. The first-order valence-electron chi connectivity index (χ1n) is 3.96. The standard InChI is InChI=1S/C9H8N2O2S/c12-14(13)8-3-1-2-7(6-8)9-4-5-10-11-9/h1-6H,(H,10,11)(H,12,13)/p-1. The van der Waals surface area contributed by atoms with Crippen LogP contribution in [0.25, 0.3) is 11.3 Å². The van der Waals surface area contributed by atoms with Crippen LogP contribution in [0.2, 0.25) is 0 Å². The van der Waals surface area contributed by atoms with E-state index in [1.165, 1.54) is 0 Å². The molecule has 0 aliphatic carbocycles. The molecule has 0 spiro atoms. The quantitative estimate of drug-likeness (QED) is 0.755. The Hall–Kier alpha value is -1.46. The van der Waals surface area contributed by atoms with Crippen LogP contribution in [0.4, 0.5) is 0 Å². The maximum Gasteiger partial charge on any atom is 0.0650 e. The van der Waals surface area contributed by atoms with E-state index in [1.54, 1.807) is 30.5 Å². The van der Waals surface area contributed by atoms with Crippen LogP contribution in [0.15, 0.2) is 41.4 Å². The summed E-state index contributed by atoms with van der Waals surface area (Å²) in [6.07, 6.45) is 1.62. The highest BCUT2D eigenvalue weighted by atomic mass is 32.2. The molecule has 0 saturated carbocycles. The molecule has 0 fully saturated rings. The van der Waals surface area contributed by atoms with Crippen molar-refractivity contribution in [3.8, 4) is 11.3 Å². The number of aromatic amines is 1. The first-order chi connectivity index (χ1) is 6.77. The van der Waals surface area contributed by atoms with Crippen LogP contribution < -0.4 is 0 Å². The highest BCUT2D eigenvalue weighted by molar-refractivity contribution is 7.79. The molecule has 0 saturated heterocycles. The number of nitrogens with one attached hydrogen (secondary N) is 1. The lowest BCUT2D eigenvalue weighted by atomic mass is 10.2. The Labute approximate surface area is 83.3 Å². The van der Waals surface area contributed by atoms with Crippen molar-refractivity contribution in [3.05, 3.63) is 36.5 Å². The van der Waals surface area contributed by atoms with Crippen molar-refractivity contribution in [1.82, 2.24) is 10.2 Å². The minimum atomic E-state index is -2.19. The fourth-order valence-corrected chi connectivity index (χ4v) is 1.60. The largest absolute Gasteiger partial charge is 0.768 e. The summed E-state index contributed by atoms with van der Waals surface area (Å²) >= 11 is -2.19. The van der Waals surface area contributed by atoms with Crippen molar-refractivity contribution in [2.75, 3.05) is 0 Å². The molecule has 1 N–H and O–H groups in total. The van der Waals surface area contributed by atoms with E-state index in [9.17, 15) is 8.76 Å². The molecule has 0 bridgehead atoms. The second kappa shape index (κ2) is 3.73. The van der Waals surface area contributed by atoms with Crippen LogP contribution in [0.1, 0.15) is 0 Å². The summed E-state index contributed by atoms with van der Waals surface area (Å²) in [7, 11) is 0. The zero-order valence-corrected chi connectivity index (χ0v) is 7.95. The van der Waals surface area contributed by atoms with Gasteiger partial charge >= 0.3 is 0 Å². The topological polar surface area (TPSA) is 68.8 Å². The maximum absolute atomic E-state index is 10.7. The fourth-order valence-electron chi connectivity index (χ4n) is 1.18. The molecule has 0 amide bonds. The van der Waals surface area contributed by atoms with Gasteiger partial charge in [-0.2, -0.15) is 5.10 Å². The number of hydrogen-bond acceptors (Lipinski definition) is 3. The summed E-state index contributed by atoms with van der Waals surface area (Å²) in [5.74, 6) is 0. The third kappa shape index (κ3) is 1.73. The van der Waals surface area contributed by atoms with Crippen molar-refractivity contribution in [3.63, 3.8) is 0 Å². The molecule has 0 aliphatic rings. The van der Waals surface area contributed by atoms with Crippen LogP contribution in [-0.4, -0.2) is 19.0 Å². The average Bonchev–Trinajstić information content (AvgIpc) is 2.71. The Kier molecular flexibility index (Phi) is 2.43. The minimum Gasteiger partial charge on any atom is -0.768 e. The molecule has 0 radical (unpaired) electrons. The van der Waals surface area contributed by atoms with E-state index in [0.717, 1.165) is 11.3 Å². The summed E-state index contributed by atoms with van der Waals surface area (Å²) in [6.45, 7) is 0. The normalized spacial score (nSPS) is 12.6. The monoisotopic (exact) mass is 207 g/mol. The van der Waals surface area contributed by atoms with Gasteiger partial charge in [0, 0.05) is 16.7 Å². The van der Waals surface area contributed by atoms with Gasteiger partial charge in [-0.25, -0.2) is 0 Å². The molecule has 1 atom stereocenters. The van der Waals surface area contributed by atoms with Gasteiger partial charge in [-0.05, 0) is 29.3 Å². The Morgan fingerprint density at radius 3 is 2.86 bits per heavy atom. The highest BCUT2D eigenvalue weighted by Crippen LogP contribution is 2.18. The second-order valence-electron chi connectivity index (χ2n) is 2.73. The number of nitrogens with zero attached hydrogens (tertiary/aromatic N) is 1. The highest BCUT2D eigenvalue weighted by Gasteiger charge is 1.99. The SMILES string of the molecule is O=S([O-])c1cccc(-c2ccn[nH]2)c1. The van der Waals surface area contributed by atoms with E-state index in [0.29, 0.717) is 0 Å². The van der Waals surface area contributed by atoms with E-state index in [1.807, 2.05) is 6.07 Å². The first kappa shape index (κ1) is 9.11. The van der Waals surface area contributed by atoms with Gasteiger partial charge in [0.1, 0.15) is 0 Å². The molecule has 5 heteroatoms. The molecule has 1 heterocycles. The van der Waals surface area contributed by atoms with Crippen molar-refractivity contribution in [2.24, 2.45) is 0 Å². The van der Waals surface area contributed by atoms with Gasteiger partial charge in [-0.15, -0.1) is 0 Å². The minimum absolute atomic E-state index is 0.275. The van der Waals surface area contributed by atoms with Crippen LogP contribution in [0.3, 0.4) is 0 Å². The third-order valence-electron chi connectivity index (χ3n) is 1.84. The average molecular weight is 207 g/mol. The zero-order chi connectivity index (χ0) is 9.97. The molecule has 2 aromatic rings. The second-order valence-corrected chi connectivity index (χ2v) is 3.67. The van der Waals surface area contributed by atoms with E-state index in [-0.39, 0.29) is 4.90 Å². The lowest BCUT2D eigenvalue weighted by Crippen LogP contribution is -1.89. The maximum atomic E-state index is 10.7. The number of benzene rings is 1. The van der Waals surface area contributed by atoms with Crippen LogP contribution in [-0.2, 0) is 11.1 Å². The lowest BCUT2D eigenvalue weighted by Gasteiger charge is -2.05. The molecule has 14 heavy (non-hydrogen) atoms. The molecular weight excluding hydrogens is 200 g/mol. The predicted octanol–water partition coefficient (Wildman–Crippen LogP) is 1.31. The van der Waals surface area contributed by atoms with Crippen LogP contribution >= 0.6 is 0 Å². The molecule has 1 aromatic carbocycles. The number of H-pyrrole nitrogens is 1. The number of aromatic nitrogens is 2. The van der Waals surface area contributed by atoms with Crippen molar-refractivity contribution < 1.29 is 8.76 Å². The Morgan fingerprint density at radius 1 is 1.36 bits per heavy atom. The molecule has 1 aromatic heterocycles. The molecule has 72 valence electrons. The van der Waals surface area contributed by atoms with Gasteiger partial charge in [-0.3, -0.25) is 9.31 Å². The van der Waals surface area contributed by atoms with E-state index in [4.69, 9.17) is 0 Å². The van der Waals surface area contributed by atoms with Crippen LogP contribution in [0.5, 0.6) is 0 Å². The summed E-state index contributed by atoms with van der Waals surface area (Å²) in [4.78, 5) is 0.275. The summed E-state index contributed by atoms with van der Waals surface area (Å²) < 4.78 is 21.4. The predicted molar refractivity (Wildman–Crippen MR) is 51.2 cm³/mol. The van der Waals surface area contributed by atoms with Crippen molar-refractivity contribution in [2.45, 2.75) is 4.90 Å². The van der Waals surface area contributed by atoms with E-state index < -0.39 is 11.1 Å². The fraction of sp³-hybridized carbons (Fsp3) is 0. The molecule has 1 unspecified atom stereocenters. The summed E-state index contributed by atoms with van der Waals surface area (Å²) in [5, 5.41) is 6.56. The van der Waals surface area contributed by atoms with Gasteiger partial charge in [0.2, 0.25) is 0 Å². The zero-order valence-electron chi connectivity index (χ0n) is 7.14. The van der Waals surface area contributed by atoms with Gasteiger partial charge in [0.25, 0.3) is 0 Å². The van der Waals surface area contributed by atoms with Gasteiger partial charge < -0.3 is 4.55 Å². The summed E-state index contributed by atoms with van der Waals surface area (Å²) in [5.41, 5.74) is 1.61. The Bertz CT molecular complexity index is 454. The molecule has 4 nitrogen and oxygen atoms in total. The Morgan fingerprint density at radius 2 is 2.21 bits per heavy atom. The van der Waals surface area contributed by atoms with E-state index >= 15 is 0 Å². The Balaban J connectivity index is 2.46. The van der Waals surface area contributed by atoms with Gasteiger partial charge in [-0.1, -0.05) is 12.1 Å². The third-order valence-corrected chi connectivity index (χ3v) is 2.48. The number of hydrogen-bond donors (Lipinski definition) is 1. The number of rotatable bonds is 2. The van der Waals surface area contributed by atoms with Crippen LogP contribution in [0, 0.1) is 0 Å². The van der Waals surface area contributed by atoms with Gasteiger partial charge in [0.15, 0.2) is 0 Å². The van der Waals surface area contributed by atoms with Gasteiger partial charge in [0.05, 0.1) is 5.69 Å². The lowest BCUT2D eigenvalue weighted by molar-refractivity contribution is 0.537. The molecule has 0 aliphatic heterocycles. The van der Waals surface area contributed by atoms with Crippen molar-refractivity contribution in [1.29, 1.82) is 0 Å².